The second-order valence-electron chi connectivity index (χ2n) is 6.44. The highest BCUT2D eigenvalue weighted by molar-refractivity contribution is 7.91. The fourth-order valence-corrected chi connectivity index (χ4v) is 4.98. The van der Waals surface area contributed by atoms with E-state index in [2.05, 4.69) is 0 Å². The van der Waals surface area contributed by atoms with Crippen LogP contribution < -0.4 is 4.74 Å². The molecular weight excluding hydrogens is 344 g/mol. The van der Waals surface area contributed by atoms with Crippen LogP contribution >= 0.6 is 0 Å². The summed E-state index contributed by atoms with van der Waals surface area (Å²) >= 11 is 0. The Morgan fingerprint density at radius 1 is 1.36 bits per heavy atom. The number of carbonyl (C=O) groups is 1. The lowest BCUT2D eigenvalue weighted by Gasteiger charge is -2.33. The SMILES string of the molecule is COc1ccc2c(CC(=O)N([C@@H]3CCS(=O)(=O)C3)N(C)C)coc2c1. The Bertz CT molecular complexity index is 888. The third kappa shape index (κ3) is 3.64. The number of furan rings is 1. The van der Waals surface area contributed by atoms with Crippen LogP contribution in [0.15, 0.2) is 28.9 Å². The number of ether oxygens (including phenoxy) is 1. The molecule has 1 aliphatic heterocycles. The average molecular weight is 366 g/mol. The van der Waals surface area contributed by atoms with E-state index < -0.39 is 9.84 Å². The maximum absolute atomic E-state index is 12.8. The largest absolute Gasteiger partial charge is 0.497 e. The van der Waals surface area contributed by atoms with Crippen molar-refractivity contribution in [3.05, 3.63) is 30.0 Å². The van der Waals surface area contributed by atoms with Gasteiger partial charge in [-0.15, -0.1) is 0 Å². The minimum atomic E-state index is -3.06. The summed E-state index contributed by atoms with van der Waals surface area (Å²) in [6.07, 6.45) is 2.19. The van der Waals surface area contributed by atoms with Crippen molar-refractivity contribution in [2.24, 2.45) is 0 Å². The Morgan fingerprint density at radius 2 is 2.12 bits per heavy atom. The third-order valence-electron chi connectivity index (χ3n) is 4.45. The molecule has 0 unspecified atom stereocenters. The fourth-order valence-electron chi connectivity index (χ4n) is 3.29. The highest BCUT2D eigenvalue weighted by Crippen LogP contribution is 2.27. The molecule has 0 aliphatic carbocycles. The number of rotatable bonds is 5. The van der Waals surface area contributed by atoms with Gasteiger partial charge in [0.05, 0.1) is 37.3 Å². The summed E-state index contributed by atoms with van der Waals surface area (Å²) in [6, 6.07) is 5.14. The first kappa shape index (κ1) is 17.8. The molecule has 0 N–H and O–H groups in total. The van der Waals surface area contributed by atoms with Gasteiger partial charge < -0.3 is 9.15 Å². The number of amides is 1. The first-order chi connectivity index (χ1) is 11.8. The number of hydrogen-bond acceptors (Lipinski definition) is 6. The van der Waals surface area contributed by atoms with E-state index in [1.165, 1.54) is 0 Å². The number of carbonyl (C=O) groups excluding carboxylic acids is 1. The van der Waals surface area contributed by atoms with Crippen LogP contribution in [0.2, 0.25) is 0 Å². The van der Waals surface area contributed by atoms with E-state index in [1.54, 1.807) is 43.6 Å². The summed E-state index contributed by atoms with van der Waals surface area (Å²) in [5.41, 5.74) is 1.43. The summed E-state index contributed by atoms with van der Waals surface area (Å²) in [5.74, 6) is 0.681. The molecule has 1 aliphatic rings. The Labute approximate surface area is 147 Å². The number of fused-ring (bicyclic) bond motifs is 1. The number of hydrogen-bond donors (Lipinski definition) is 0. The van der Waals surface area contributed by atoms with Crippen molar-refractivity contribution < 1.29 is 22.4 Å². The molecule has 25 heavy (non-hydrogen) atoms. The highest BCUT2D eigenvalue weighted by atomic mass is 32.2. The normalized spacial score (nSPS) is 19.4. The zero-order chi connectivity index (χ0) is 18.2. The van der Waals surface area contributed by atoms with E-state index >= 15 is 0 Å². The number of hydrazine groups is 1. The quantitative estimate of drug-likeness (QED) is 0.746. The van der Waals surface area contributed by atoms with E-state index in [9.17, 15) is 13.2 Å². The molecule has 2 heterocycles. The van der Waals surface area contributed by atoms with Crippen molar-refractivity contribution in [3.8, 4) is 5.75 Å². The molecule has 7 nitrogen and oxygen atoms in total. The van der Waals surface area contributed by atoms with Gasteiger partial charge in [0.15, 0.2) is 9.84 Å². The molecule has 136 valence electrons. The summed E-state index contributed by atoms with van der Waals surface area (Å²) < 4.78 is 34.2. The molecule has 1 aromatic heterocycles. The smallest absolute Gasteiger partial charge is 0.241 e. The predicted molar refractivity (Wildman–Crippen MR) is 94.1 cm³/mol. The van der Waals surface area contributed by atoms with Crippen molar-refractivity contribution in [3.63, 3.8) is 0 Å². The molecule has 2 aromatic rings. The topological polar surface area (TPSA) is 80.1 Å². The molecule has 1 aromatic carbocycles. The van der Waals surface area contributed by atoms with Gasteiger partial charge >= 0.3 is 0 Å². The lowest BCUT2D eigenvalue weighted by atomic mass is 10.1. The Morgan fingerprint density at radius 3 is 2.72 bits per heavy atom. The van der Waals surface area contributed by atoms with Crippen molar-refractivity contribution in [2.45, 2.75) is 18.9 Å². The van der Waals surface area contributed by atoms with Crippen molar-refractivity contribution in [2.75, 3.05) is 32.7 Å². The summed E-state index contributed by atoms with van der Waals surface area (Å²) in [5, 5.41) is 4.07. The van der Waals surface area contributed by atoms with Crippen molar-refractivity contribution in [1.82, 2.24) is 10.0 Å². The Kier molecular flexibility index (Phi) is 4.75. The Hall–Kier alpha value is -2.06. The summed E-state index contributed by atoms with van der Waals surface area (Å²) in [4.78, 5) is 12.8. The van der Waals surface area contributed by atoms with Gasteiger partial charge in [-0.05, 0) is 18.6 Å². The second kappa shape index (κ2) is 6.68. The molecule has 3 rings (SSSR count). The van der Waals surface area contributed by atoms with Gasteiger partial charge in [0, 0.05) is 31.1 Å². The maximum atomic E-state index is 12.8. The van der Waals surface area contributed by atoms with E-state index in [1.807, 2.05) is 12.1 Å². The van der Waals surface area contributed by atoms with E-state index in [0.29, 0.717) is 17.8 Å². The molecule has 0 spiro atoms. The van der Waals surface area contributed by atoms with Gasteiger partial charge in [-0.2, -0.15) is 0 Å². The molecule has 1 amide bonds. The van der Waals surface area contributed by atoms with E-state index in [4.69, 9.17) is 9.15 Å². The minimum absolute atomic E-state index is 0.0141. The van der Waals surface area contributed by atoms with Crippen LogP contribution in [0.1, 0.15) is 12.0 Å². The van der Waals surface area contributed by atoms with E-state index in [-0.39, 0.29) is 29.9 Å². The lowest BCUT2D eigenvalue weighted by molar-refractivity contribution is -0.148. The van der Waals surface area contributed by atoms with Gasteiger partial charge in [0.2, 0.25) is 5.91 Å². The average Bonchev–Trinajstić information content (AvgIpc) is 3.10. The zero-order valence-electron chi connectivity index (χ0n) is 14.6. The standard InChI is InChI=1S/C17H22N2O5S/c1-18(2)19(13-6-7-25(21,22)11-13)17(20)8-12-10-24-16-9-14(23-3)4-5-15(12)16/h4-5,9-10,13H,6-8,11H2,1-3H3/t13-/m1/s1. The first-order valence-corrected chi connectivity index (χ1v) is 9.86. The van der Waals surface area contributed by atoms with Gasteiger partial charge in [-0.3, -0.25) is 9.80 Å². The minimum Gasteiger partial charge on any atom is -0.497 e. The molecular formula is C17H22N2O5S. The van der Waals surface area contributed by atoms with Crippen LogP contribution in [0, 0.1) is 0 Å². The highest BCUT2D eigenvalue weighted by Gasteiger charge is 2.36. The van der Waals surface area contributed by atoms with Crippen LogP contribution in [0.3, 0.4) is 0 Å². The van der Waals surface area contributed by atoms with E-state index in [0.717, 1.165) is 10.9 Å². The predicted octanol–water partition coefficient (Wildman–Crippen LogP) is 1.48. The molecule has 1 saturated heterocycles. The lowest BCUT2D eigenvalue weighted by Crippen LogP contribution is -2.49. The number of sulfone groups is 1. The maximum Gasteiger partial charge on any atom is 0.241 e. The number of nitrogens with zero attached hydrogens (tertiary/aromatic N) is 2. The molecule has 0 radical (unpaired) electrons. The summed E-state index contributed by atoms with van der Waals surface area (Å²) in [7, 11) is 2.02. The molecule has 8 heteroatoms. The van der Waals surface area contributed by atoms with Crippen molar-refractivity contribution in [1.29, 1.82) is 0 Å². The zero-order valence-corrected chi connectivity index (χ0v) is 15.4. The third-order valence-corrected chi connectivity index (χ3v) is 6.20. The molecule has 1 fully saturated rings. The fraction of sp³-hybridized carbons (Fsp3) is 0.471. The van der Waals surface area contributed by atoms with Crippen LogP contribution in [-0.2, 0) is 21.1 Å². The summed E-state index contributed by atoms with van der Waals surface area (Å²) in [6.45, 7) is 0. The molecule has 0 bridgehead atoms. The van der Waals surface area contributed by atoms with Crippen molar-refractivity contribution >= 4 is 26.7 Å². The van der Waals surface area contributed by atoms with Gasteiger partial charge in [0.1, 0.15) is 11.3 Å². The molecule has 0 saturated carbocycles. The van der Waals surface area contributed by atoms with Gasteiger partial charge in [0.25, 0.3) is 0 Å². The number of methoxy groups -OCH3 is 1. The van der Waals surface area contributed by atoms with Gasteiger partial charge in [-0.25, -0.2) is 13.4 Å². The monoisotopic (exact) mass is 366 g/mol. The van der Waals surface area contributed by atoms with Crippen LogP contribution in [0.4, 0.5) is 0 Å². The first-order valence-electron chi connectivity index (χ1n) is 8.04. The van der Waals surface area contributed by atoms with Crippen LogP contribution in [0.5, 0.6) is 5.75 Å². The number of benzene rings is 1. The molecule has 1 atom stereocenters. The Balaban J connectivity index is 1.82. The van der Waals surface area contributed by atoms with Crippen LogP contribution in [0.25, 0.3) is 11.0 Å². The second-order valence-corrected chi connectivity index (χ2v) is 8.67. The van der Waals surface area contributed by atoms with Crippen LogP contribution in [-0.4, -0.2) is 63.1 Å². The van der Waals surface area contributed by atoms with Gasteiger partial charge in [-0.1, -0.05) is 0 Å².